The molecule has 8 aromatic rings. The van der Waals surface area contributed by atoms with Crippen LogP contribution in [0.5, 0.6) is 0 Å². The molecule has 38 heavy (non-hydrogen) atoms. The molecule has 5 nitrogen and oxygen atoms in total. The molecule has 0 atom stereocenters. The number of aromatic nitrogens is 4. The zero-order chi connectivity index (χ0) is 25.2. The average molecular weight is 489 g/mol. The van der Waals surface area contributed by atoms with Gasteiger partial charge in [-0.05, 0) is 53.1 Å². The molecule has 0 amide bonds. The second-order valence-corrected chi connectivity index (χ2v) is 9.48. The van der Waals surface area contributed by atoms with Gasteiger partial charge in [0.15, 0.2) is 0 Å². The Labute approximate surface area is 216 Å². The fourth-order valence-corrected chi connectivity index (χ4v) is 5.55. The van der Waals surface area contributed by atoms with Gasteiger partial charge in [0.2, 0.25) is 5.78 Å². The summed E-state index contributed by atoms with van der Waals surface area (Å²) in [5.74, 6) is 0.551. The van der Waals surface area contributed by atoms with Gasteiger partial charge >= 0.3 is 0 Å². The minimum absolute atomic E-state index is 0.101. The smallest absolute Gasteiger partial charge is 0.267 e. The van der Waals surface area contributed by atoms with Gasteiger partial charge in [0.25, 0.3) is 5.56 Å². The highest BCUT2D eigenvalue weighted by Gasteiger charge is 2.19. The lowest BCUT2D eigenvalue weighted by Crippen LogP contribution is -2.19. The Kier molecular flexibility index (Phi) is 4.31. The maximum absolute atomic E-state index is 14.5. The Balaban J connectivity index is 1.64. The third-order valence-electron chi connectivity index (χ3n) is 7.29. The molecule has 0 aliphatic rings. The Hall–Kier alpha value is -5.29. The first-order valence-electron chi connectivity index (χ1n) is 12.6. The number of fused-ring (bicyclic) bond motifs is 9. The highest BCUT2D eigenvalue weighted by atomic mass is 16.1. The Morgan fingerprint density at radius 3 is 1.97 bits per heavy atom. The second-order valence-electron chi connectivity index (χ2n) is 9.48. The van der Waals surface area contributed by atoms with Crippen LogP contribution in [0.2, 0.25) is 0 Å². The molecule has 0 radical (unpaired) electrons. The van der Waals surface area contributed by atoms with Gasteiger partial charge in [-0.25, -0.2) is 14.4 Å². The summed E-state index contributed by atoms with van der Waals surface area (Å²) in [6.45, 7) is 0. The Morgan fingerprint density at radius 1 is 0.526 bits per heavy atom. The molecule has 5 aromatic carbocycles. The van der Waals surface area contributed by atoms with E-state index in [-0.39, 0.29) is 5.56 Å². The largest absolute Gasteiger partial charge is 0.268 e. The lowest BCUT2D eigenvalue weighted by atomic mass is 9.96. The van der Waals surface area contributed by atoms with Crippen LogP contribution in [0.25, 0.3) is 66.5 Å². The quantitative estimate of drug-likeness (QED) is 0.192. The lowest BCUT2D eigenvalue weighted by molar-refractivity contribution is 1.05. The fraction of sp³-hybridized carbons (Fsp3) is 0. The van der Waals surface area contributed by atoms with Gasteiger partial charge in [-0.3, -0.25) is 9.20 Å². The zero-order valence-electron chi connectivity index (χ0n) is 20.2. The van der Waals surface area contributed by atoms with Gasteiger partial charge in [0.1, 0.15) is 5.65 Å². The zero-order valence-corrected chi connectivity index (χ0v) is 20.2. The molecular weight excluding hydrogens is 468 g/mol. The third-order valence-corrected chi connectivity index (χ3v) is 7.29. The normalized spacial score (nSPS) is 11.8. The number of hydrogen-bond acceptors (Lipinski definition) is 3. The van der Waals surface area contributed by atoms with Crippen molar-refractivity contribution in [3.63, 3.8) is 0 Å². The van der Waals surface area contributed by atoms with E-state index in [2.05, 4.69) is 30.3 Å². The molecule has 3 heterocycles. The Bertz CT molecular complexity index is 2250. The van der Waals surface area contributed by atoms with Crippen molar-refractivity contribution in [2.45, 2.75) is 0 Å². The molecule has 0 saturated heterocycles. The van der Waals surface area contributed by atoms with Crippen molar-refractivity contribution in [3.8, 4) is 22.3 Å². The first-order valence-corrected chi connectivity index (χ1v) is 12.6. The maximum Gasteiger partial charge on any atom is 0.267 e. The molecule has 178 valence electrons. The van der Waals surface area contributed by atoms with E-state index in [4.69, 9.17) is 9.97 Å². The van der Waals surface area contributed by atoms with Crippen molar-refractivity contribution in [3.05, 3.63) is 132 Å². The van der Waals surface area contributed by atoms with Crippen molar-refractivity contribution in [1.82, 2.24) is 18.8 Å². The first-order chi connectivity index (χ1) is 18.8. The summed E-state index contributed by atoms with van der Waals surface area (Å²) >= 11 is 0. The first kappa shape index (κ1) is 20.9. The van der Waals surface area contributed by atoms with Crippen LogP contribution < -0.4 is 5.56 Å². The topological polar surface area (TPSA) is 51.7 Å². The second kappa shape index (κ2) is 7.85. The summed E-state index contributed by atoms with van der Waals surface area (Å²) in [7, 11) is 0. The predicted octanol–water partition coefficient (Wildman–Crippen LogP) is 7.14. The molecule has 0 fully saturated rings. The van der Waals surface area contributed by atoms with Gasteiger partial charge in [0, 0.05) is 10.9 Å². The maximum atomic E-state index is 14.5. The van der Waals surface area contributed by atoms with E-state index >= 15 is 0 Å². The monoisotopic (exact) mass is 488 g/mol. The highest BCUT2D eigenvalue weighted by molar-refractivity contribution is 6.02. The lowest BCUT2D eigenvalue weighted by Gasteiger charge is -2.14. The molecule has 3 aromatic heterocycles. The molecule has 0 saturated carbocycles. The number of para-hydroxylation sites is 3. The molecule has 0 bridgehead atoms. The van der Waals surface area contributed by atoms with Crippen LogP contribution in [0.1, 0.15) is 0 Å². The van der Waals surface area contributed by atoms with E-state index in [0.717, 1.165) is 49.8 Å². The van der Waals surface area contributed by atoms with Gasteiger partial charge in [-0.1, -0.05) is 84.9 Å². The van der Waals surface area contributed by atoms with Crippen molar-refractivity contribution < 1.29 is 0 Å². The van der Waals surface area contributed by atoms with Crippen molar-refractivity contribution in [2.75, 3.05) is 0 Å². The minimum Gasteiger partial charge on any atom is -0.268 e. The summed E-state index contributed by atoms with van der Waals surface area (Å²) in [5, 5.41) is 1.48. The van der Waals surface area contributed by atoms with Crippen LogP contribution in [0.3, 0.4) is 0 Å². The van der Waals surface area contributed by atoms with Gasteiger partial charge < -0.3 is 0 Å². The van der Waals surface area contributed by atoms with Crippen LogP contribution in [0.4, 0.5) is 0 Å². The molecule has 0 aliphatic carbocycles. The molecule has 0 aliphatic heterocycles. The number of rotatable bonds is 2. The molecule has 0 spiro atoms. The highest BCUT2D eigenvalue weighted by Crippen LogP contribution is 2.34. The molecule has 0 N–H and O–H groups in total. The van der Waals surface area contributed by atoms with E-state index in [1.165, 1.54) is 0 Å². The SMILES string of the molecule is O=c1c2cc(-c3ccccc3)cc(-c3ccccc3)c2nc2n1c1ccccc1c1nc3ccccc3n12. The van der Waals surface area contributed by atoms with Crippen LogP contribution in [0.15, 0.2) is 126 Å². The molecular formula is C33H20N4O. The standard InChI is InChI=1S/C33H20N4O/c38-32-26-20-23(21-11-3-1-4-12-21)19-25(22-13-5-2-6-14-22)30(26)35-33-36-29-18-10-8-16-27(29)34-31(36)24-15-7-9-17-28(24)37(32)33/h1-20H. The van der Waals surface area contributed by atoms with Crippen LogP contribution in [0, 0.1) is 0 Å². The van der Waals surface area contributed by atoms with E-state index in [1.54, 1.807) is 4.40 Å². The van der Waals surface area contributed by atoms with Crippen molar-refractivity contribution >= 4 is 44.3 Å². The summed E-state index contributed by atoms with van der Waals surface area (Å²) in [6, 6.07) is 40.3. The number of imidazole rings is 1. The van der Waals surface area contributed by atoms with Gasteiger partial charge in [-0.15, -0.1) is 0 Å². The summed E-state index contributed by atoms with van der Waals surface area (Å²) in [6.07, 6.45) is 0. The predicted molar refractivity (Wildman–Crippen MR) is 154 cm³/mol. The van der Waals surface area contributed by atoms with E-state index < -0.39 is 0 Å². The van der Waals surface area contributed by atoms with Crippen LogP contribution in [-0.4, -0.2) is 18.8 Å². The van der Waals surface area contributed by atoms with Crippen LogP contribution >= 0.6 is 0 Å². The number of hydrogen-bond donors (Lipinski definition) is 0. The van der Waals surface area contributed by atoms with E-state index in [0.29, 0.717) is 16.7 Å². The van der Waals surface area contributed by atoms with Gasteiger partial charge in [0.05, 0.1) is 27.5 Å². The minimum atomic E-state index is -0.101. The van der Waals surface area contributed by atoms with E-state index in [1.807, 2.05) is 95.4 Å². The average Bonchev–Trinajstić information content (AvgIpc) is 3.38. The van der Waals surface area contributed by atoms with Gasteiger partial charge in [-0.2, -0.15) is 0 Å². The third kappa shape index (κ3) is 2.90. The summed E-state index contributed by atoms with van der Waals surface area (Å²) in [4.78, 5) is 24.6. The summed E-state index contributed by atoms with van der Waals surface area (Å²) < 4.78 is 3.75. The molecule has 0 unspecified atom stereocenters. The number of nitrogens with zero attached hydrogens (tertiary/aromatic N) is 4. The Morgan fingerprint density at radius 2 is 1.18 bits per heavy atom. The fourth-order valence-electron chi connectivity index (χ4n) is 5.55. The van der Waals surface area contributed by atoms with Crippen LogP contribution in [-0.2, 0) is 0 Å². The molecule has 8 rings (SSSR count). The number of benzene rings is 5. The molecule has 5 heteroatoms. The van der Waals surface area contributed by atoms with Crippen molar-refractivity contribution in [1.29, 1.82) is 0 Å². The summed E-state index contributed by atoms with van der Waals surface area (Å²) in [5.41, 5.74) is 7.90. The van der Waals surface area contributed by atoms with E-state index in [9.17, 15) is 4.79 Å². The van der Waals surface area contributed by atoms with Crippen molar-refractivity contribution in [2.24, 2.45) is 0 Å².